The molecular weight excluding hydrogens is 202 g/mol. The van der Waals surface area contributed by atoms with Gasteiger partial charge in [-0.25, -0.2) is 4.98 Å². The molecule has 0 fully saturated rings. The van der Waals surface area contributed by atoms with Crippen LogP contribution in [0.1, 0.15) is 23.7 Å². The second-order valence-corrected chi connectivity index (χ2v) is 4.00. The van der Waals surface area contributed by atoms with Crippen LogP contribution in [0.15, 0.2) is 10.9 Å². The quantitative estimate of drug-likeness (QED) is 0.763. The monoisotopic (exact) mass is 217 g/mol. The molecule has 4 heteroatoms. The number of nitrogens with one attached hydrogen (secondary N) is 1. The summed E-state index contributed by atoms with van der Waals surface area (Å²) in [5, 5.41) is 0.650. The number of rotatable bonds is 1. The van der Waals surface area contributed by atoms with Gasteiger partial charge >= 0.3 is 0 Å². The number of hydrogen-bond acceptors (Lipinski definition) is 3. The minimum absolute atomic E-state index is 0.0683. The zero-order valence-corrected chi connectivity index (χ0v) is 9.72. The highest BCUT2D eigenvalue weighted by Crippen LogP contribution is 2.16. The van der Waals surface area contributed by atoms with Crippen molar-refractivity contribution in [3.63, 3.8) is 0 Å². The lowest BCUT2D eigenvalue weighted by Crippen LogP contribution is -2.14. The molecule has 0 aliphatic carbocycles. The number of fused-ring (bicyclic) bond motifs is 1. The number of anilines is 1. The Hall–Kier alpha value is -1.84. The Labute approximate surface area is 93.5 Å². The Balaban J connectivity index is 2.99. The second kappa shape index (κ2) is 3.63. The number of nitrogen functional groups attached to an aromatic ring is 1. The summed E-state index contributed by atoms with van der Waals surface area (Å²) in [6.45, 7) is 5.74. The van der Waals surface area contributed by atoms with Crippen LogP contribution in [-0.4, -0.2) is 9.97 Å². The van der Waals surface area contributed by atoms with Crippen LogP contribution in [0, 0.1) is 13.8 Å². The van der Waals surface area contributed by atoms with Crippen molar-refractivity contribution >= 4 is 16.9 Å². The third-order valence-corrected chi connectivity index (χ3v) is 2.85. The molecule has 4 nitrogen and oxygen atoms in total. The number of nitrogens with two attached hydrogens (primary N) is 1. The Morgan fingerprint density at radius 2 is 2.12 bits per heavy atom. The fourth-order valence-corrected chi connectivity index (χ4v) is 2.08. The van der Waals surface area contributed by atoms with Gasteiger partial charge in [-0.3, -0.25) is 4.79 Å². The normalized spacial score (nSPS) is 10.9. The fourth-order valence-electron chi connectivity index (χ4n) is 2.08. The summed E-state index contributed by atoms with van der Waals surface area (Å²) in [4.78, 5) is 19.5. The lowest BCUT2D eigenvalue weighted by atomic mass is 10.1. The summed E-state index contributed by atoms with van der Waals surface area (Å²) < 4.78 is 0. The number of pyridine rings is 2. The lowest BCUT2D eigenvalue weighted by molar-refractivity contribution is 1.04. The van der Waals surface area contributed by atoms with E-state index in [9.17, 15) is 4.79 Å². The summed E-state index contributed by atoms with van der Waals surface area (Å²) in [5.41, 5.74) is 8.88. The van der Waals surface area contributed by atoms with E-state index in [0.717, 1.165) is 23.2 Å². The molecule has 0 saturated heterocycles. The minimum Gasteiger partial charge on any atom is -0.384 e. The van der Waals surface area contributed by atoms with Crippen LogP contribution in [-0.2, 0) is 6.42 Å². The van der Waals surface area contributed by atoms with Gasteiger partial charge in [0, 0.05) is 11.3 Å². The molecule has 0 saturated carbocycles. The molecule has 2 rings (SSSR count). The molecule has 0 atom stereocenters. The van der Waals surface area contributed by atoms with Gasteiger partial charge in [0.05, 0.1) is 5.39 Å². The first-order valence-electron chi connectivity index (χ1n) is 5.33. The molecule has 0 spiro atoms. The summed E-state index contributed by atoms with van der Waals surface area (Å²) in [7, 11) is 0. The fraction of sp³-hybridized carbons (Fsp3) is 0.333. The van der Waals surface area contributed by atoms with Gasteiger partial charge in [-0.15, -0.1) is 0 Å². The van der Waals surface area contributed by atoms with Crippen LogP contribution in [0.4, 0.5) is 5.82 Å². The van der Waals surface area contributed by atoms with Crippen molar-refractivity contribution in [2.75, 3.05) is 5.73 Å². The number of aromatic amines is 1. The Kier molecular flexibility index (Phi) is 2.42. The van der Waals surface area contributed by atoms with Gasteiger partial charge in [0.1, 0.15) is 11.5 Å². The van der Waals surface area contributed by atoms with E-state index in [1.165, 1.54) is 0 Å². The predicted octanol–water partition coefficient (Wildman–Crippen LogP) is 1.68. The highest BCUT2D eigenvalue weighted by Gasteiger charge is 2.11. The number of aryl methyl sites for hydroxylation is 2. The lowest BCUT2D eigenvalue weighted by Gasteiger charge is -2.08. The third kappa shape index (κ3) is 1.46. The third-order valence-electron chi connectivity index (χ3n) is 2.85. The van der Waals surface area contributed by atoms with Gasteiger partial charge in [0.25, 0.3) is 0 Å². The standard InChI is InChI=1S/C12H15N3O/c1-4-8-7(3)14-12-10(11(8)16)6(2)5-9(13)15-12/h5H,4H2,1-3H3,(H3,13,14,15,16). The maximum Gasteiger partial charge on any atom is 0.194 e. The molecule has 2 aromatic heterocycles. The van der Waals surface area contributed by atoms with E-state index in [-0.39, 0.29) is 5.43 Å². The maximum absolute atomic E-state index is 12.2. The number of hydrogen-bond donors (Lipinski definition) is 2. The first-order chi connectivity index (χ1) is 7.54. The average Bonchev–Trinajstić information content (AvgIpc) is 2.15. The molecule has 0 aromatic carbocycles. The molecule has 84 valence electrons. The molecule has 0 aliphatic rings. The number of aromatic nitrogens is 2. The van der Waals surface area contributed by atoms with Crippen molar-refractivity contribution in [1.29, 1.82) is 0 Å². The first kappa shape index (κ1) is 10.7. The molecule has 2 heterocycles. The molecule has 2 aromatic rings. The molecule has 0 aliphatic heterocycles. The van der Waals surface area contributed by atoms with E-state index < -0.39 is 0 Å². The van der Waals surface area contributed by atoms with E-state index in [0.29, 0.717) is 16.9 Å². The highest BCUT2D eigenvalue weighted by atomic mass is 16.1. The topological polar surface area (TPSA) is 71.8 Å². The van der Waals surface area contributed by atoms with Gasteiger partial charge in [-0.2, -0.15) is 0 Å². The Morgan fingerprint density at radius 1 is 1.44 bits per heavy atom. The Morgan fingerprint density at radius 3 is 2.75 bits per heavy atom. The smallest absolute Gasteiger partial charge is 0.194 e. The molecule has 16 heavy (non-hydrogen) atoms. The van der Waals surface area contributed by atoms with Gasteiger partial charge in [-0.05, 0) is 31.9 Å². The first-order valence-corrected chi connectivity index (χ1v) is 5.33. The number of nitrogens with zero attached hydrogens (tertiary/aromatic N) is 1. The van der Waals surface area contributed by atoms with Crippen LogP contribution < -0.4 is 11.2 Å². The van der Waals surface area contributed by atoms with Crippen LogP contribution in [0.3, 0.4) is 0 Å². The van der Waals surface area contributed by atoms with Gasteiger partial charge in [0.15, 0.2) is 5.43 Å². The van der Waals surface area contributed by atoms with Crippen molar-refractivity contribution < 1.29 is 0 Å². The summed E-state index contributed by atoms with van der Waals surface area (Å²) in [6.07, 6.45) is 0.723. The molecular formula is C12H15N3O. The molecule has 0 amide bonds. The summed E-state index contributed by atoms with van der Waals surface area (Å²) in [6, 6.07) is 1.73. The zero-order valence-electron chi connectivity index (χ0n) is 9.72. The summed E-state index contributed by atoms with van der Waals surface area (Å²) in [5.74, 6) is 0.435. The predicted molar refractivity (Wildman–Crippen MR) is 65.6 cm³/mol. The summed E-state index contributed by atoms with van der Waals surface area (Å²) >= 11 is 0. The van der Waals surface area contributed by atoms with Gasteiger partial charge in [0.2, 0.25) is 0 Å². The minimum atomic E-state index is 0.0683. The van der Waals surface area contributed by atoms with E-state index in [2.05, 4.69) is 9.97 Å². The second-order valence-electron chi connectivity index (χ2n) is 4.00. The highest BCUT2D eigenvalue weighted by molar-refractivity contribution is 5.81. The van der Waals surface area contributed by atoms with Crippen molar-refractivity contribution in [1.82, 2.24) is 9.97 Å². The van der Waals surface area contributed by atoms with Crippen molar-refractivity contribution in [2.24, 2.45) is 0 Å². The van der Waals surface area contributed by atoms with E-state index >= 15 is 0 Å². The average molecular weight is 217 g/mol. The molecule has 0 unspecified atom stereocenters. The Bertz CT molecular complexity index is 614. The zero-order chi connectivity index (χ0) is 11.9. The molecule has 0 bridgehead atoms. The maximum atomic E-state index is 12.2. The van der Waals surface area contributed by atoms with E-state index in [4.69, 9.17) is 5.73 Å². The van der Waals surface area contributed by atoms with Crippen molar-refractivity contribution in [2.45, 2.75) is 27.2 Å². The largest absolute Gasteiger partial charge is 0.384 e. The van der Waals surface area contributed by atoms with Gasteiger partial charge < -0.3 is 10.7 Å². The van der Waals surface area contributed by atoms with Crippen LogP contribution in [0.25, 0.3) is 11.0 Å². The van der Waals surface area contributed by atoms with E-state index in [1.54, 1.807) is 6.07 Å². The molecule has 3 N–H and O–H groups in total. The van der Waals surface area contributed by atoms with Crippen molar-refractivity contribution in [3.8, 4) is 0 Å². The SMILES string of the molecule is CCc1c(C)[nH]c2nc(N)cc(C)c2c1=O. The van der Waals surface area contributed by atoms with Crippen LogP contribution in [0.5, 0.6) is 0 Å². The van der Waals surface area contributed by atoms with Crippen molar-refractivity contribution in [3.05, 3.63) is 33.1 Å². The van der Waals surface area contributed by atoms with Crippen LogP contribution >= 0.6 is 0 Å². The molecule has 0 radical (unpaired) electrons. The van der Waals surface area contributed by atoms with Crippen LogP contribution in [0.2, 0.25) is 0 Å². The number of H-pyrrole nitrogens is 1. The van der Waals surface area contributed by atoms with Gasteiger partial charge in [-0.1, -0.05) is 6.92 Å². The van der Waals surface area contributed by atoms with E-state index in [1.807, 2.05) is 20.8 Å².